The molecule has 0 spiro atoms. The highest BCUT2D eigenvalue weighted by molar-refractivity contribution is 5.99. The predicted octanol–water partition coefficient (Wildman–Crippen LogP) is 1.95. The van der Waals surface area contributed by atoms with Gasteiger partial charge in [0.1, 0.15) is 17.1 Å². The fraction of sp³-hybridized carbons (Fsp3) is 0.562. The molecule has 1 heterocycles. The van der Waals surface area contributed by atoms with Gasteiger partial charge in [-0.2, -0.15) is 0 Å². The van der Waals surface area contributed by atoms with E-state index in [4.69, 9.17) is 0 Å². The fourth-order valence-corrected chi connectivity index (χ4v) is 2.78. The van der Waals surface area contributed by atoms with E-state index in [0.29, 0.717) is 12.5 Å². The van der Waals surface area contributed by atoms with Crippen LogP contribution in [-0.4, -0.2) is 46.7 Å². The average molecular weight is 292 g/mol. The molecule has 0 aromatic heterocycles. The Morgan fingerprint density at radius 3 is 2.57 bits per heavy atom. The van der Waals surface area contributed by atoms with Crippen LogP contribution in [0, 0.1) is 5.92 Å². The molecule has 5 nitrogen and oxygen atoms in total. The Kier molecular flexibility index (Phi) is 5.07. The molecule has 2 rings (SSSR count). The van der Waals surface area contributed by atoms with Gasteiger partial charge in [0.15, 0.2) is 0 Å². The maximum Gasteiger partial charge on any atom is 0.261 e. The zero-order valence-electron chi connectivity index (χ0n) is 12.7. The summed E-state index contributed by atoms with van der Waals surface area (Å²) in [6.45, 7) is 6.48. The van der Waals surface area contributed by atoms with E-state index in [1.165, 1.54) is 18.2 Å². The number of phenolic OH excluding ortho intramolecular Hbond substituents is 2. The summed E-state index contributed by atoms with van der Waals surface area (Å²) in [7, 11) is 0. The van der Waals surface area contributed by atoms with Crippen molar-refractivity contribution in [2.75, 3.05) is 19.6 Å². The minimum absolute atomic E-state index is 0.00466. The quantitative estimate of drug-likeness (QED) is 0.793. The van der Waals surface area contributed by atoms with Gasteiger partial charge in [0.2, 0.25) is 0 Å². The van der Waals surface area contributed by atoms with E-state index in [1.54, 1.807) is 4.90 Å². The number of benzene rings is 1. The first-order valence-electron chi connectivity index (χ1n) is 7.53. The maximum absolute atomic E-state index is 12.7. The third kappa shape index (κ3) is 3.67. The van der Waals surface area contributed by atoms with Crippen LogP contribution in [0.5, 0.6) is 11.5 Å². The first kappa shape index (κ1) is 15.6. The molecule has 21 heavy (non-hydrogen) atoms. The zero-order valence-corrected chi connectivity index (χ0v) is 12.7. The van der Waals surface area contributed by atoms with Crippen LogP contribution in [-0.2, 0) is 0 Å². The van der Waals surface area contributed by atoms with Gasteiger partial charge >= 0.3 is 0 Å². The molecule has 116 valence electrons. The first-order valence-corrected chi connectivity index (χ1v) is 7.53. The number of piperidine rings is 1. The molecule has 0 saturated carbocycles. The number of nitrogens with zero attached hydrogens (tertiary/aromatic N) is 1. The number of hydrogen-bond acceptors (Lipinski definition) is 4. The van der Waals surface area contributed by atoms with Crippen LogP contribution in [0.25, 0.3) is 0 Å². The summed E-state index contributed by atoms with van der Waals surface area (Å²) in [6, 6.07) is 4.38. The molecule has 1 saturated heterocycles. The second-order valence-corrected chi connectivity index (χ2v) is 5.93. The number of amides is 1. The molecule has 3 N–H and O–H groups in total. The van der Waals surface area contributed by atoms with Gasteiger partial charge in [0.25, 0.3) is 5.91 Å². The lowest BCUT2D eigenvalue weighted by molar-refractivity contribution is 0.0654. The molecular weight excluding hydrogens is 268 g/mol. The second kappa shape index (κ2) is 6.80. The Morgan fingerprint density at radius 2 is 2.05 bits per heavy atom. The lowest BCUT2D eigenvalue weighted by Gasteiger charge is -2.33. The van der Waals surface area contributed by atoms with Crippen molar-refractivity contribution in [1.82, 2.24) is 10.2 Å². The molecule has 1 unspecified atom stereocenters. The summed E-state index contributed by atoms with van der Waals surface area (Å²) < 4.78 is 0. The van der Waals surface area contributed by atoms with Crippen LogP contribution in [0.1, 0.15) is 37.0 Å². The molecule has 1 aromatic rings. The number of carbonyl (C=O) groups excluding carboxylic acids is 1. The molecule has 0 aliphatic carbocycles. The van der Waals surface area contributed by atoms with Gasteiger partial charge in [-0.05, 0) is 57.8 Å². The van der Waals surface area contributed by atoms with Crippen molar-refractivity contribution in [1.29, 1.82) is 0 Å². The van der Waals surface area contributed by atoms with Crippen LogP contribution in [0.2, 0.25) is 0 Å². The molecule has 1 aromatic carbocycles. The Balaban J connectivity index is 2.19. The monoisotopic (exact) mass is 292 g/mol. The minimum atomic E-state index is -0.314. The standard InChI is InChI=1S/C16H24N2O3/c1-11(2)18(10-12-5-4-8-17-9-12)16(21)15-13(19)6-3-7-14(15)20/h3,6-7,11-12,17,19-20H,4-5,8-10H2,1-2H3. The van der Waals surface area contributed by atoms with E-state index >= 15 is 0 Å². The van der Waals surface area contributed by atoms with Crippen LogP contribution in [0.3, 0.4) is 0 Å². The van der Waals surface area contributed by atoms with Gasteiger partial charge in [0, 0.05) is 12.6 Å². The number of phenols is 2. The van der Waals surface area contributed by atoms with Crippen molar-refractivity contribution < 1.29 is 15.0 Å². The highest BCUT2D eigenvalue weighted by Crippen LogP contribution is 2.29. The minimum Gasteiger partial charge on any atom is -0.507 e. The van der Waals surface area contributed by atoms with E-state index in [2.05, 4.69) is 5.32 Å². The number of carbonyl (C=O) groups is 1. The Hall–Kier alpha value is -1.75. The summed E-state index contributed by atoms with van der Waals surface area (Å²) in [5.74, 6) is -0.246. The van der Waals surface area contributed by atoms with Crippen LogP contribution in [0.4, 0.5) is 0 Å². The van der Waals surface area contributed by atoms with Gasteiger partial charge in [-0.3, -0.25) is 4.79 Å². The topological polar surface area (TPSA) is 72.8 Å². The largest absolute Gasteiger partial charge is 0.507 e. The fourth-order valence-electron chi connectivity index (χ4n) is 2.78. The second-order valence-electron chi connectivity index (χ2n) is 5.93. The Bertz CT molecular complexity index is 476. The Labute approximate surface area is 125 Å². The molecular formula is C16H24N2O3. The molecule has 0 bridgehead atoms. The first-order chi connectivity index (χ1) is 10.0. The SMILES string of the molecule is CC(C)N(CC1CCCNC1)C(=O)c1c(O)cccc1O. The van der Waals surface area contributed by atoms with Gasteiger partial charge in [-0.1, -0.05) is 6.07 Å². The highest BCUT2D eigenvalue weighted by atomic mass is 16.3. The smallest absolute Gasteiger partial charge is 0.261 e. The molecule has 1 fully saturated rings. The van der Waals surface area contributed by atoms with E-state index in [0.717, 1.165) is 25.9 Å². The summed E-state index contributed by atoms with van der Waals surface area (Å²) >= 11 is 0. The van der Waals surface area contributed by atoms with Gasteiger partial charge in [0.05, 0.1) is 0 Å². The van der Waals surface area contributed by atoms with E-state index < -0.39 is 0 Å². The van der Waals surface area contributed by atoms with Gasteiger partial charge in [-0.15, -0.1) is 0 Å². The molecule has 1 aliphatic heterocycles. The molecule has 5 heteroatoms. The van der Waals surface area contributed by atoms with Crippen molar-refractivity contribution >= 4 is 5.91 Å². The van der Waals surface area contributed by atoms with Crippen molar-refractivity contribution in [3.63, 3.8) is 0 Å². The third-order valence-electron chi connectivity index (χ3n) is 3.97. The van der Waals surface area contributed by atoms with E-state index in [-0.39, 0.29) is 29.0 Å². The summed E-state index contributed by atoms with van der Waals surface area (Å²) in [4.78, 5) is 14.4. The summed E-state index contributed by atoms with van der Waals surface area (Å²) in [5.41, 5.74) is -0.00466. The lowest BCUT2D eigenvalue weighted by atomic mass is 9.98. The van der Waals surface area contributed by atoms with Crippen molar-refractivity contribution in [3.05, 3.63) is 23.8 Å². The number of aromatic hydroxyl groups is 2. The third-order valence-corrected chi connectivity index (χ3v) is 3.97. The van der Waals surface area contributed by atoms with Gasteiger partial charge < -0.3 is 20.4 Å². The summed E-state index contributed by atoms with van der Waals surface area (Å²) in [6.07, 6.45) is 2.21. The van der Waals surface area contributed by atoms with E-state index in [9.17, 15) is 15.0 Å². The number of hydrogen-bond donors (Lipinski definition) is 3. The molecule has 0 radical (unpaired) electrons. The normalized spacial score (nSPS) is 18.7. The predicted molar refractivity (Wildman–Crippen MR) is 81.5 cm³/mol. The Morgan fingerprint density at radius 1 is 1.38 bits per heavy atom. The highest BCUT2D eigenvalue weighted by Gasteiger charge is 2.27. The van der Waals surface area contributed by atoms with Crippen molar-refractivity contribution in [3.8, 4) is 11.5 Å². The van der Waals surface area contributed by atoms with Gasteiger partial charge in [-0.25, -0.2) is 0 Å². The van der Waals surface area contributed by atoms with Crippen LogP contribution < -0.4 is 5.32 Å². The lowest BCUT2D eigenvalue weighted by Crippen LogP contribution is -2.44. The maximum atomic E-state index is 12.7. The number of nitrogens with one attached hydrogen (secondary N) is 1. The van der Waals surface area contributed by atoms with Crippen LogP contribution >= 0.6 is 0 Å². The van der Waals surface area contributed by atoms with E-state index in [1.807, 2.05) is 13.8 Å². The van der Waals surface area contributed by atoms with Crippen LogP contribution in [0.15, 0.2) is 18.2 Å². The number of rotatable bonds is 4. The summed E-state index contributed by atoms with van der Waals surface area (Å²) in [5, 5.41) is 23.1. The zero-order chi connectivity index (χ0) is 15.4. The van der Waals surface area contributed by atoms with Crippen molar-refractivity contribution in [2.24, 2.45) is 5.92 Å². The molecule has 1 aliphatic rings. The van der Waals surface area contributed by atoms with Crippen molar-refractivity contribution in [2.45, 2.75) is 32.7 Å². The average Bonchev–Trinajstić information content (AvgIpc) is 2.45. The molecule has 1 amide bonds. The molecule has 1 atom stereocenters.